The monoisotopic (exact) mass is 181 g/mol. The van der Waals surface area contributed by atoms with Gasteiger partial charge in [0.05, 0.1) is 4.92 Å². The van der Waals surface area contributed by atoms with E-state index >= 15 is 0 Å². The lowest BCUT2D eigenvalue weighted by Crippen LogP contribution is -1.89. The van der Waals surface area contributed by atoms with Crippen molar-refractivity contribution in [2.75, 3.05) is 0 Å². The average molecular weight is 181 g/mol. The summed E-state index contributed by atoms with van der Waals surface area (Å²) in [6.07, 6.45) is 0. The summed E-state index contributed by atoms with van der Waals surface area (Å²) in [5.74, 6) is 0.509. The van der Waals surface area contributed by atoms with Crippen LogP contribution < -0.4 is 0 Å². The second-order valence-corrected chi connectivity index (χ2v) is 2.74. The molecule has 0 atom stereocenters. The number of hydrogen-bond donors (Lipinski definition) is 1. The quantitative estimate of drug-likeness (QED) is 0.514. The Kier molecular flexibility index (Phi) is 1.35. The lowest BCUT2D eigenvalue weighted by molar-refractivity contribution is -0.383. The van der Waals surface area contributed by atoms with Crippen LogP contribution in [0, 0.1) is 24.0 Å². The molecule has 0 aliphatic carbocycles. The van der Waals surface area contributed by atoms with Crippen LogP contribution in [0.1, 0.15) is 11.5 Å². The Balaban J connectivity index is 2.83. The van der Waals surface area contributed by atoms with Gasteiger partial charge >= 0.3 is 5.69 Å². The summed E-state index contributed by atoms with van der Waals surface area (Å²) in [4.78, 5) is 14.1. The Morgan fingerprint density at radius 3 is 2.85 bits per heavy atom. The highest BCUT2D eigenvalue weighted by molar-refractivity contribution is 5.61. The maximum absolute atomic E-state index is 10.6. The molecule has 0 amide bonds. The third-order valence-electron chi connectivity index (χ3n) is 1.74. The zero-order chi connectivity index (χ0) is 9.59. The van der Waals surface area contributed by atoms with Gasteiger partial charge in [-0.25, -0.2) is 4.98 Å². The highest BCUT2D eigenvalue weighted by atomic mass is 16.6. The van der Waals surface area contributed by atoms with Crippen LogP contribution >= 0.6 is 0 Å². The predicted octanol–water partition coefficient (Wildman–Crippen LogP) is 0.582. The van der Waals surface area contributed by atoms with E-state index in [-0.39, 0.29) is 11.3 Å². The van der Waals surface area contributed by atoms with E-state index in [0.717, 1.165) is 0 Å². The molecule has 0 aliphatic heterocycles. The normalized spacial score (nSPS) is 10.9. The minimum atomic E-state index is -0.463. The summed E-state index contributed by atoms with van der Waals surface area (Å²) < 4.78 is 1.31. The molecule has 0 unspecified atom stereocenters. The summed E-state index contributed by atoms with van der Waals surface area (Å²) in [5, 5.41) is 17.3. The van der Waals surface area contributed by atoms with Crippen molar-refractivity contribution in [3.63, 3.8) is 0 Å². The van der Waals surface area contributed by atoms with Gasteiger partial charge in [0.25, 0.3) is 5.65 Å². The van der Waals surface area contributed by atoms with Gasteiger partial charge in [0.15, 0.2) is 5.82 Å². The van der Waals surface area contributed by atoms with Crippen molar-refractivity contribution in [1.29, 1.82) is 0 Å². The molecule has 0 saturated heterocycles. The number of nitrogens with zero attached hydrogens (tertiary/aromatic N) is 4. The Morgan fingerprint density at radius 2 is 2.23 bits per heavy atom. The van der Waals surface area contributed by atoms with Gasteiger partial charge in [-0.2, -0.15) is 0 Å². The maximum atomic E-state index is 10.6. The van der Waals surface area contributed by atoms with Crippen molar-refractivity contribution in [1.82, 2.24) is 19.8 Å². The van der Waals surface area contributed by atoms with E-state index in [1.54, 1.807) is 13.8 Å². The van der Waals surface area contributed by atoms with Crippen LogP contribution in [0.3, 0.4) is 0 Å². The molecule has 2 heterocycles. The van der Waals surface area contributed by atoms with Crippen LogP contribution in [0.4, 0.5) is 5.69 Å². The third kappa shape index (κ3) is 0.968. The Morgan fingerprint density at radius 1 is 1.54 bits per heavy atom. The Bertz CT molecular complexity index is 482. The maximum Gasteiger partial charge on any atom is 0.335 e. The zero-order valence-corrected chi connectivity index (χ0v) is 7.11. The van der Waals surface area contributed by atoms with Crippen LogP contribution in [0.2, 0.25) is 0 Å². The molecule has 0 saturated carbocycles. The van der Waals surface area contributed by atoms with E-state index in [2.05, 4.69) is 15.2 Å². The number of nitrogens with one attached hydrogen (secondary N) is 1. The van der Waals surface area contributed by atoms with Crippen molar-refractivity contribution in [2.24, 2.45) is 0 Å². The van der Waals surface area contributed by atoms with E-state index in [1.807, 2.05) is 0 Å². The van der Waals surface area contributed by atoms with Gasteiger partial charge in [0.1, 0.15) is 5.69 Å². The zero-order valence-electron chi connectivity index (χ0n) is 7.11. The number of H-pyrrole nitrogens is 1. The summed E-state index contributed by atoms with van der Waals surface area (Å²) in [5.41, 5.74) is 0.709. The van der Waals surface area contributed by atoms with E-state index < -0.39 is 4.92 Å². The molecule has 0 aromatic carbocycles. The van der Waals surface area contributed by atoms with Crippen molar-refractivity contribution in [3.8, 4) is 0 Å². The standard InChI is InChI=1S/C6H7N5O2/c1-3-5(11(12)13)6-7-4(2)9-10(6)8-3/h8H,1-2H3. The fourth-order valence-electron chi connectivity index (χ4n) is 1.24. The molecule has 2 rings (SSSR count). The highest BCUT2D eigenvalue weighted by Gasteiger charge is 2.21. The molecule has 0 aliphatic rings. The summed E-state index contributed by atoms with van der Waals surface area (Å²) in [6.45, 7) is 3.30. The number of hydrogen-bond acceptors (Lipinski definition) is 4. The number of aromatic amines is 1. The predicted molar refractivity (Wildman–Crippen MR) is 43.5 cm³/mol. The fourth-order valence-corrected chi connectivity index (χ4v) is 1.24. The summed E-state index contributed by atoms with van der Waals surface area (Å²) in [6, 6.07) is 0. The van der Waals surface area contributed by atoms with E-state index in [1.165, 1.54) is 4.63 Å². The molecule has 7 nitrogen and oxygen atoms in total. The largest absolute Gasteiger partial charge is 0.335 e. The first-order valence-corrected chi connectivity index (χ1v) is 3.66. The SMILES string of the molecule is Cc1nc2c([N+](=O)[O-])c(C)[nH]n2n1. The van der Waals surface area contributed by atoms with Crippen LogP contribution in [-0.2, 0) is 0 Å². The molecule has 2 aromatic heterocycles. The topological polar surface area (TPSA) is 89.1 Å². The second-order valence-electron chi connectivity index (χ2n) is 2.74. The smallest absolute Gasteiger partial charge is 0.273 e. The first-order valence-electron chi connectivity index (χ1n) is 3.66. The van der Waals surface area contributed by atoms with E-state index in [9.17, 15) is 10.1 Å². The number of fused-ring (bicyclic) bond motifs is 1. The highest BCUT2D eigenvalue weighted by Crippen LogP contribution is 2.21. The molecule has 2 aromatic rings. The van der Waals surface area contributed by atoms with Crippen molar-refractivity contribution < 1.29 is 4.92 Å². The lowest BCUT2D eigenvalue weighted by atomic mass is 10.4. The minimum absolute atomic E-state index is 0.0133. The fraction of sp³-hybridized carbons (Fsp3) is 0.333. The Hall–Kier alpha value is -1.92. The van der Waals surface area contributed by atoms with Crippen molar-refractivity contribution in [2.45, 2.75) is 13.8 Å². The summed E-state index contributed by atoms with van der Waals surface area (Å²) >= 11 is 0. The Labute approximate surface area is 72.5 Å². The summed E-state index contributed by atoms with van der Waals surface area (Å²) in [7, 11) is 0. The molecule has 1 N–H and O–H groups in total. The first-order chi connectivity index (χ1) is 6.09. The van der Waals surface area contributed by atoms with Crippen LogP contribution in [-0.4, -0.2) is 24.7 Å². The second kappa shape index (κ2) is 2.28. The number of aromatic nitrogens is 4. The third-order valence-corrected chi connectivity index (χ3v) is 1.74. The van der Waals surface area contributed by atoms with Gasteiger partial charge in [-0.3, -0.25) is 15.2 Å². The molecular formula is C6H7N5O2. The number of nitro groups is 1. The lowest BCUT2D eigenvalue weighted by Gasteiger charge is -1.84. The minimum Gasteiger partial charge on any atom is -0.273 e. The van der Waals surface area contributed by atoms with Crippen molar-refractivity contribution in [3.05, 3.63) is 21.6 Å². The van der Waals surface area contributed by atoms with E-state index in [0.29, 0.717) is 11.5 Å². The molecule has 0 spiro atoms. The van der Waals surface area contributed by atoms with Gasteiger partial charge in [0.2, 0.25) is 0 Å². The van der Waals surface area contributed by atoms with Gasteiger partial charge in [-0.05, 0) is 13.8 Å². The molecule has 13 heavy (non-hydrogen) atoms. The molecule has 0 radical (unpaired) electrons. The number of aryl methyl sites for hydroxylation is 2. The van der Waals surface area contributed by atoms with Crippen molar-refractivity contribution >= 4 is 11.3 Å². The number of rotatable bonds is 1. The van der Waals surface area contributed by atoms with Crippen LogP contribution in [0.15, 0.2) is 0 Å². The van der Waals surface area contributed by atoms with E-state index in [4.69, 9.17) is 0 Å². The molecular weight excluding hydrogens is 174 g/mol. The average Bonchev–Trinajstić information content (AvgIpc) is 2.41. The van der Waals surface area contributed by atoms with Gasteiger partial charge < -0.3 is 0 Å². The van der Waals surface area contributed by atoms with Crippen LogP contribution in [0.25, 0.3) is 5.65 Å². The molecule has 0 fully saturated rings. The molecule has 7 heteroatoms. The van der Waals surface area contributed by atoms with Gasteiger partial charge in [-0.15, -0.1) is 9.73 Å². The molecule has 0 bridgehead atoms. The van der Waals surface area contributed by atoms with Crippen LogP contribution in [0.5, 0.6) is 0 Å². The van der Waals surface area contributed by atoms with Gasteiger partial charge in [0, 0.05) is 0 Å². The first kappa shape index (κ1) is 7.71. The molecule has 68 valence electrons. The van der Waals surface area contributed by atoms with Gasteiger partial charge in [-0.1, -0.05) is 0 Å².